The number of hydrogen-bond donors (Lipinski definition) is 4. The van der Waals surface area contributed by atoms with Crippen molar-refractivity contribution in [2.45, 2.75) is 94.2 Å². The lowest BCUT2D eigenvalue weighted by atomic mass is 9.85. The van der Waals surface area contributed by atoms with Gasteiger partial charge in [-0.15, -0.1) is 11.3 Å². The van der Waals surface area contributed by atoms with Crippen molar-refractivity contribution < 1.29 is 37.4 Å². The molecule has 3 fully saturated rings. The molecule has 0 aromatic carbocycles. The van der Waals surface area contributed by atoms with Crippen molar-refractivity contribution in [2.75, 3.05) is 6.54 Å². The zero-order chi connectivity index (χ0) is 34.9. The van der Waals surface area contributed by atoms with E-state index in [1.165, 1.54) is 16.2 Å². The number of carboxylic acid groups (broad SMARTS) is 1. The molecule has 1 saturated heterocycles. The number of carbonyl (C=O) groups is 4. The Hall–Kier alpha value is -4.05. The molecule has 7 atom stereocenters. The Kier molecular flexibility index (Phi) is 9.98. The van der Waals surface area contributed by atoms with Gasteiger partial charge in [-0.3, -0.25) is 19.1 Å². The molecule has 4 heterocycles. The zero-order valence-corrected chi connectivity index (χ0v) is 29.0. The summed E-state index contributed by atoms with van der Waals surface area (Å²) in [4.78, 5) is 64.1. The number of hydrogen-bond acceptors (Lipinski definition) is 10. The van der Waals surface area contributed by atoms with Crippen molar-refractivity contribution in [3.05, 3.63) is 42.1 Å². The average molecular weight is 715 g/mol. The quantitative estimate of drug-likeness (QED) is 0.295. The SMILES string of the molecule is CC[C@@H]1C[C@H](C)CCC=C[C@@H]2C[C@@]2(C(=O)NS(=O)(=O)C2CC2)NC(=O)[C@@H]2C[C@@H](Oc3ccc(-c4nccs4)cn3)CN2C(=O)[C@H]1NC(=O)O. The second-order valence-electron chi connectivity index (χ2n) is 13.6. The van der Waals surface area contributed by atoms with Gasteiger partial charge in [0.1, 0.15) is 28.7 Å². The van der Waals surface area contributed by atoms with E-state index < -0.39 is 68.7 Å². The minimum atomic E-state index is -3.89. The molecule has 0 unspecified atom stereocenters. The first kappa shape index (κ1) is 34.8. The summed E-state index contributed by atoms with van der Waals surface area (Å²) in [6, 6.07) is 1.25. The molecule has 0 bridgehead atoms. The fraction of sp³-hybridized carbons (Fsp3) is 0.576. The summed E-state index contributed by atoms with van der Waals surface area (Å²) in [6.07, 6.45) is 8.78. The first-order chi connectivity index (χ1) is 23.4. The van der Waals surface area contributed by atoms with E-state index in [0.717, 1.165) is 17.0 Å². The third kappa shape index (κ3) is 7.74. The highest BCUT2D eigenvalue weighted by molar-refractivity contribution is 7.91. The first-order valence-corrected chi connectivity index (χ1v) is 19.2. The first-order valence-electron chi connectivity index (χ1n) is 16.8. The van der Waals surface area contributed by atoms with Gasteiger partial charge in [0.2, 0.25) is 27.7 Å². The van der Waals surface area contributed by atoms with Gasteiger partial charge in [0, 0.05) is 41.7 Å². The minimum Gasteiger partial charge on any atom is -0.472 e. The van der Waals surface area contributed by atoms with E-state index >= 15 is 0 Å². The Morgan fingerprint density at radius 1 is 1.18 bits per heavy atom. The summed E-state index contributed by atoms with van der Waals surface area (Å²) >= 11 is 1.47. The van der Waals surface area contributed by atoms with Crippen molar-refractivity contribution in [1.29, 1.82) is 0 Å². The molecule has 0 radical (unpaired) electrons. The fourth-order valence-corrected chi connectivity index (χ4v) is 8.96. The molecular formula is C33H42N6O8S2. The van der Waals surface area contributed by atoms with Gasteiger partial charge >= 0.3 is 6.09 Å². The number of rotatable bonds is 8. The number of pyridine rings is 1. The summed E-state index contributed by atoms with van der Waals surface area (Å²) in [5.41, 5.74) is -0.703. The normalized spacial score (nSPS) is 30.6. The largest absolute Gasteiger partial charge is 0.472 e. The van der Waals surface area contributed by atoms with E-state index in [0.29, 0.717) is 32.1 Å². The molecule has 2 aliphatic carbocycles. The number of carbonyl (C=O) groups excluding carboxylic acids is 3. The molecule has 2 aliphatic heterocycles. The van der Waals surface area contributed by atoms with Crippen molar-refractivity contribution in [1.82, 2.24) is 30.2 Å². The number of fused-ring (bicyclic) bond motifs is 2. The number of aromatic nitrogens is 2. The lowest BCUT2D eigenvalue weighted by Crippen LogP contribution is -2.59. The smallest absolute Gasteiger partial charge is 0.405 e. The Labute approximate surface area is 289 Å². The maximum absolute atomic E-state index is 14.3. The lowest BCUT2D eigenvalue weighted by Gasteiger charge is -2.33. The Balaban J connectivity index is 1.30. The molecule has 4 aliphatic rings. The number of sulfonamides is 1. The van der Waals surface area contributed by atoms with Crippen LogP contribution in [0.4, 0.5) is 4.79 Å². The Morgan fingerprint density at radius 3 is 2.63 bits per heavy atom. The van der Waals surface area contributed by atoms with E-state index in [4.69, 9.17) is 4.74 Å². The van der Waals surface area contributed by atoms with Gasteiger partial charge in [0.05, 0.1) is 11.8 Å². The molecule has 6 rings (SSSR count). The summed E-state index contributed by atoms with van der Waals surface area (Å²) in [6.45, 7) is 3.92. The summed E-state index contributed by atoms with van der Waals surface area (Å²) in [5, 5.41) is 17.1. The highest BCUT2D eigenvalue weighted by atomic mass is 32.2. The molecular weight excluding hydrogens is 673 g/mol. The number of nitrogens with one attached hydrogen (secondary N) is 3. The van der Waals surface area contributed by atoms with Gasteiger partial charge in [-0.25, -0.2) is 23.2 Å². The number of ether oxygens (including phenoxy) is 1. The Bertz CT molecular complexity index is 1700. The molecule has 2 aromatic rings. The van der Waals surface area contributed by atoms with Crippen LogP contribution in [0.5, 0.6) is 5.88 Å². The van der Waals surface area contributed by atoms with Crippen LogP contribution in [0, 0.1) is 17.8 Å². The number of nitrogens with zero attached hydrogens (tertiary/aromatic N) is 3. The van der Waals surface area contributed by atoms with E-state index in [2.05, 4.69) is 32.2 Å². The van der Waals surface area contributed by atoms with Gasteiger partial charge in [-0.05, 0) is 56.4 Å². The van der Waals surface area contributed by atoms with E-state index in [-0.39, 0.29) is 37.1 Å². The molecule has 49 heavy (non-hydrogen) atoms. The molecule has 264 valence electrons. The number of amides is 4. The zero-order valence-electron chi connectivity index (χ0n) is 27.4. The molecule has 4 amide bonds. The maximum Gasteiger partial charge on any atom is 0.405 e. The number of allylic oxidation sites excluding steroid dienone is 1. The minimum absolute atomic E-state index is 0.0325. The third-order valence-corrected chi connectivity index (χ3v) is 12.6. The van der Waals surface area contributed by atoms with Crippen molar-refractivity contribution in [3.8, 4) is 16.5 Å². The second kappa shape index (κ2) is 14.1. The summed E-state index contributed by atoms with van der Waals surface area (Å²) in [5.74, 6) is -2.37. The predicted octanol–water partition coefficient (Wildman–Crippen LogP) is 3.08. The highest BCUT2D eigenvalue weighted by Crippen LogP contribution is 2.46. The molecule has 4 N–H and O–H groups in total. The van der Waals surface area contributed by atoms with Crippen LogP contribution in [0.15, 0.2) is 42.1 Å². The summed E-state index contributed by atoms with van der Waals surface area (Å²) < 4.78 is 33.9. The molecule has 2 aromatic heterocycles. The van der Waals surface area contributed by atoms with E-state index in [1.54, 1.807) is 18.5 Å². The monoisotopic (exact) mass is 714 g/mol. The molecule has 14 nitrogen and oxygen atoms in total. The standard InChI is InChI=1S/C33H42N6O8S2/c1-3-20-14-19(2)6-4-5-7-22-16-33(22,31(42)38-49(45,46)24-9-10-24)37-28(40)25-15-23(18-39(25)30(41)27(20)36-32(43)44)47-26-11-8-21(17-35-26)29-34-12-13-48-29/h5,7-8,11-13,17,19-20,22-25,27,36H,3-4,6,9-10,14-16,18H2,1-2H3,(H,37,40)(H,38,42)(H,43,44)/t19-,20-,22-,23-,25+,27+,33-/m1/s1. The van der Waals surface area contributed by atoms with Crippen LogP contribution in [-0.2, 0) is 24.4 Å². The Morgan fingerprint density at radius 2 is 1.98 bits per heavy atom. The van der Waals surface area contributed by atoms with Crippen LogP contribution in [0.1, 0.15) is 65.2 Å². The van der Waals surface area contributed by atoms with Crippen LogP contribution >= 0.6 is 11.3 Å². The lowest BCUT2D eigenvalue weighted by molar-refractivity contribution is -0.142. The van der Waals surface area contributed by atoms with Crippen LogP contribution in [0.25, 0.3) is 10.6 Å². The van der Waals surface area contributed by atoms with E-state index in [9.17, 15) is 32.7 Å². The van der Waals surface area contributed by atoms with Crippen LogP contribution in [0.3, 0.4) is 0 Å². The van der Waals surface area contributed by atoms with Crippen LogP contribution < -0.4 is 20.1 Å². The van der Waals surface area contributed by atoms with Gasteiger partial charge in [-0.2, -0.15) is 0 Å². The molecule has 2 saturated carbocycles. The topological polar surface area (TPSA) is 197 Å². The van der Waals surface area contributed by atoms with Gasteiger partial charge in [0.25, 0.3) is 5.91 Å². The van der Waals surface area contributed by atoms with Crippen molar-refractivity contribution in [3.63, 3.8) is 0 Å². The number of thiazole rings is 1. The van der Waals surface area contributed by atoms with Gasteiger partial charge in [-0.1, -0.05) is 32.4 Å². The predicted molar refractivity (Wildman–Crippen MR) is 180 cm³/mol. The van der Waals surface area contributed by atoms with Crippen LogP contribution in [-0.4, -0.2) is 87.7 Å². The molecule has 0 spiro atoms. The van der Waals surface area contributed by atoms with E-state index in [1.807, 2.05) is 30.5 Å². The van der Waals surface area contributed by atoms with Crippen LogP contribution in [0.2, 0.25) is 0 Å². The summed E-state index contributed by atoms with van der Waals surface area (Å²) in [7, 11) is -3.89. The van der Waals surface area contributed by atoms with Crippen molar-refractivity contribution in [2.24, 2.45) is 17.8 Å². The van der Waals surface area contributed by atoms with Gasteiger partial charge in [0.15, 0.2) is 0 Å². The fourth-order valence-electron chi connectivity index (χ4n) is 6.96. The second-order valence-corrected chi connectivity index (χ2v) is 16.4. The average Bonchev–Trinajstić information content (AvgIpc) is 3.93. The van der Waals surface area contributed by atoms with Gasteiger partial charge < -0.3 is 25.4 Å². The third-order valence-electron chi connectivity index (χ3n) is 9.96. The highest BCUT2D eigenvalue weighted by Gasteiger charge is 2.62. The maximum atomic E-state index is 14.3. The van der Waals surface area contributed by atoms with Crippen molar-refractivity contribution >= 4 is 45.2 Å². The molecule has 16 heteroatoms.